The molecule has 3 aromatic rings. The van der Waals surface area contributed by atoms with Crippen molar-refractivity contribution in [1.29, 1.82) is 0 Å². The maximum atomic E-state index is 11.0. The number of hydrogen-bond donors (Lipinski definition) is 2. The number of H-pyrrole nitrogens is 1. The second kappa shape index (κ2) is 5.63. The Morgan fingerprint density at radius 2 is 1.48 bits per heavy atom. The molecule has 0 unspecified atom stereocenters. The van der Waals surface area contributed by atoms with Crippen LogP contribution < -0.4 is 0 Å². The van der Waals surface area contributed by atoms with Gasteiger partial charge in [-0.1, -0.05) is 60.7 Å². The zero-order valence-corrected chi connectivity index (χ0v) is 11.2. The molecule has 0 fully saturated rings. The Balaban J connectivity index is 2.10. The van der Waals surface area contributed by atoms with Gasteiger partial charge in [0.15, 0.2) is 0 Å². The number of carboxylic acids is 1. The van der Waals surface area contributed by atoms with Crippen LogP contribution in [0.5, 0.6) is 0 Å². The topological polar surface area (TPSA) is 66.0 Å². The van der Waals surface area contributed by atoms with Gasteiger partial charge in [-0.15, -0.1) is 0 Å². The molecule has 0 aliphatic carbocycles. The van der Waals surface area contributed by atoms with Crippen LogP contribution in [0.2, 0.25) is 0 Å². The Morgan fingerprint density at radius 3 is 1.90 bits per heavy atom. The number of rotatable bonds is 4. The van der Waals surface area contributed by atoms with Gasteiger partial charge in [-0.2, -0.15) is 0 Å². The minimum Gasteiger partial charge on any atom is -0.475 e. The lowest BCUT2D eigenvalue weighted by atomic mass is 9.89. The summed E-state index contributed by atoms with van der Waals surface area (Å²) in [5.41, 5.74) is 2.94. The van der Waals surface area contributed by atoms with Gasteiger partial charge in [0.2, 0.25) is 5.82 Å². The molecule has 3 rings (SSSR count). The molecule has 0 amide bonds. The van der Waals surface area contributed by atoms with E-state index in [1.807, 2.05) is 60.7 Å². The van der Waals surface area contributed by atoms with Gasteiger partial charge in [0, 0.05) is 11.9 Å². The predicted octanol–water partition coefficient (Wildman–Crippen LogP) is 3.29. The molecule has 21 heavy (non-hydrogen) atoms. The molecule has 0 atom stereocenters. The van der Waals surface area contributed by atoms with E-state index < -0.39 is 5.97 Å². The highest BCUT2D eigenvalue weighted by molar-refractivity contribution is 5.83. The van der Waals surface area contributed by atoms with Crippen molar-refractivity contribution in [3.8, 4) is 0 Å². The number of aromatic amines is 1. The number of carboxylic acid groups (broad SMARTS) is 1. The molecule has 104 valence electrons. The first kappa shape index (κ1) is 13.1. The molecule has 0 aliphatic heterocycles. The van der Waals surface area contributed by atoms with Gasteiger partial charge in [-0.05, 0) is 11.1 Å². The quantitative estimate of drug-likeness (QED) is 0.769. The number of carbonyl (C=O) groups is 1. The first-order valence-electron chi connectivity index (χ1n) is 6.64. The fraction of sp³-hybridized carbons (Fsp3) is 0.0588. The Kier molecular flexibility index (Phi) is 3.51. The second-order valence-electron chi connectivity index (χ2n) is 4.75. The molecule has 0 saturated heterocycles. The van der Waals surface area contributed by atoms with Crippen molar-refractivity contribution >= 4 is 5.97 Å². The molecule has 0 aliphatic rings. The van der Waals surface area contributed by atoms with Crippen molar-refractivity contribution in [2.45, 2.75) is 5.92 Å². The normalized spacial score (nSPS) is 10.7. The van der Waals surface area contributed by atoms with Gasteiger partial charge in [0.05, 0.1) is 5.92 Å². The van der Waals surface area contributed by atoms with E-state index in [0.717, 1.165) is 16.8 Å². The Bertz CT molecular complexity index is 696. The molecule has 4 nitrogen and oxygen atoms in total. The molecule has 4 heteroatoms. The number of hydrogen-bond acceptors (Lipinski definition) is 2. The van der Waals surface area contributed by atoms with Gasteiger partial charge in [-0.25, -0.2) is 9.78 Å². The molecule has 0 radical (unpaired) electrons. The summed E-state index contributed by atoms with van der Waals surface area (Å²) in [6.07, 6.45) is 1.59. The molecule has 1 heterocycles. The van der Waals surface area contributed by atoms with E-state index in [1.165, 1.54) is 0 Å². The smallest absolute Gasteiger partial charge is 0.371 e. The number of benzene rings is 2. The monoisotopic (exact) mass is 278 g/mol. The predicted molar refractivity (Wildman–Crippen MR) is 79.4 cm³/mol. The number of nitrogens with zero attached hydrogens (tertiary/aromatic N) is 1. The third-order valence-electron chi connectivity index (χ3n) is 3.37. The molecule has 2 N–H and O–H groups in total. The minimum absolute atomic E-state index is 0.0399. The fourth-order valence-electron chi connectivity index (χ4n) is 2.43. The Morgan fingerprint density at radius 1 is 0.952 bits per heavy atom. The van der Waals surface area contributed by atoms with Gasteiger partial charge >= 0.3 is 5.97 Å². The SMILES string of the molecule is O=C(O)c1ncc(C(c2ccccc2)c2ccccc2)[nH]1. The van der Waals surface area contributed by atoms with Crippen LogP contribution in [0.3, 0.4) is 0 Å². The van der Waals surface area contributed by atoms with Crippen molar-refractivity contribution in [3.63, 3.8) is 0 Å². The summed E-state index contributed by atoms with van der Waals surface area (Å²) in [5.74, 6) is -1.16. The largest absolute Gasteiger partial charge is 0.475 e. The summed E-state index contributed by atoms with van der Waals surface area (Å²) < 4.78 is 0. The summed E-state index contributed by atoms with van der Waals surface area (Å²) in [7, 11) is 0. The molecule has 0 spiro atoms. The minimum atomic E-state index is -1.05. The van der Waals surface area contributed by atoms with E-state index in [1.54, 1.807) is 6.20 Å². The van der Waals surface area contributed by atoms with E-state index in [9.17, 15) is 4.79 Å². The second-order valence-corrected chi connectivity index (χ2v) is 4.75. The summed E-state index contributed by atoms with van der Waals surface area (Å²) in [4.78, 5) is 17.8. The summed E-state index contributed by atoms with van der Waals surface area (Å²) in [6, 6.07) is 19.9. The summed E-state index contributed by atoms with van der Waals surface area (Å²) in [5, 5.41) is 9.03. The standard InChI is InChI=1S/C17H14N2O2/c20-17(21)16-18-11-14(19-16)15(12-7-3-1-4-8-12)13-9-5-2-6-10-13/h1-11,15H,(H,18,19)(H,20,21). The van der Waals surface area contributed by atoms with Gasteiger partial charge in [0.1, 0.15) is 0 Å². The number of aromatic carboxylic acids is 1. The highest BCUT2D eigenvalue weighted by atomic mass is 16.4. The Hall–Kier alpha value is -2.88. The molecule has 0 bridgehead atoms. The molecule has 2 aromatic carbocycles. The number of imidazole rings is 1. The number of nitrogens with one attached hydrogen (secondary N) is 1. The lowest BCUT2D eigenvalue weighted by Crippen LogP contribution is -2.05. The molecular weight excluding hydrogens is 264 g/mol. The van der Waals surface area contributed by atoms with E-state index in [0.29, 0.717) is 0 Å². The number of aromatic nitrogens is 2. The van der Waals surface area contributed by atoms with Crippen molar-refractivity contribution in [1.82, 2.24) is 9.97 Å². The van der Waals surface area contributed by atoms with Crippen LogP contribution in [0, 0.1) is 0 Å². The lowest BCUT2D eigenvalue weighted by Gasteiger charge is -2.16. The van der Waals surface area contributed by atoms with Crippen LogP contribution in [0.4, 0.5) is 0 Å². The van der Waals surface area contributed by atoms with Gasteiger partial charge in [-0.3, -0.25) is 0 Å². The van der Waals surface area contributed by atoms with Crippen molar-refractivity contribution in [2.24, 2.45) is 0 Å². The highest BCUT2D eigenvalue weighted by Crippen LogP contribution is 2.30. The maximum absolute atomic E-state index is 11.0. The van der Waals surface area contributed by atoms with E-state index in [4.69, 9.17) is 5.11 Å². The van der Waals surface area contributed by atoms with E-state index >= 15 is 0 Å². The van der Waals surface area contributed by atoms with Crippen molar-refractivity contribution in [3.05, 3.63) is 89.5 Å². The fourth-order valence-corrected chi connectivity index (χ4v) is 2.43. The summed E-state index contributed by atoms with van der Waals surface area (Å²) in [6.45, 7) is 0. The van der Waals surface area contributed by atoms with Crippen LogP contribution in [0.25, 0.3) is 0 Å². The van der Waals surface area contributed by atoms with E-state index in [-0.39, 0.29) is 11.7 Å². The van der Waals surface area contributed by atoms with Gasteiger partial charge < -0.3 is 10.1 Å². The van der Waals surface area contributed by atoms with Crippen molar-refractivity contribution in [2.75, 3.05) is 0 Å². The maximum Gasteiger partial charge on any atom is 0.371 e. The molecular formula is C17H14N2O2. The Labute approximate surface area is 122 Å². The third kappa shape index (κ3) is 2.69. The van der Waals surface area contributed by atoms with Gasteiger partial charge in [0.25, 0.3) is 0 Å². The molecule has 1 aromatic heterocycles. The van der Waals surface area contributed by atoms with Crippen LogP contribution in [-0.4, -0.2) is 21.0 Å². The van der Waals surface area contributed by atoms with Crippen LogP contribution in [-0.2, 0) is 0 Å². The highest BCUT2D eigenvalue weighted by Gasteiger charge is 2.20. The zero-order chi connectivity index (χ0) is 14.7. The first-order valence-corrected chi connectivity index (χ1v) is 6.64. The van der Waals surface area contributed by atoms with Crippen LogP contribution in [0.1, 0.15) is 33.4 Å². The lowest BCUT2D eigenvalue weighted by molar-refractivity contribution is 0.0684. The van der Waals surface area contributed by atoms with Crippen molar-refractivity contribution < 1.29 is 9.90 Å². The van der Waals surface area contributed by atoms with Crippen LogP contribution >= 0.6 is 0 Å². The summed E-state index contributed by atoms with van der Waals surface area (Å²) >= 11 is 0. The average molecular weight is 278 g/mol. The third-order valence-corrected chi connectivity index (χ3v) is 3.37. The zero-order valence-electron chi connectivity index (χ0n) is 11.2. The molecule has 0 saturated carbocycles. The first-order chi connectivity index (χ1) is 10.3. The average Bonchev–Trinajstić information content (AvgIpc) is 3.00. The van der Waals surface area contributed by atoms with E-state index in [2.05, 4.69) is 9.97 Å². The van der Waals surface area contributed by atoms with Crippen LogP contribution in [0.15, 0.2) is 66.9 Å².